The number of carbonyl (C=O) groups excluding carboxylic acids is 1. The minimum absolute atomic E-state index is 0. The predicted molar refractivity (Wildman–Crippen MR) is 105 cm³/mol. The van der Waals surface area contributed by atoms with Crippen molar-refractivity contribution in [3.63, 3.8) is 0 Å². The van der Waals surface area contributed by atoms with Crippen LogP contribution in [-0.4, -0.2) is 5.97 Å². The van der Waals surface area contributed by atoms with Crippen molar-refractivity contribution < 1.29 is 42.2 Å². The number of ether oxygens (including phenoxy) is 1. The minimum atomic E-state index is -0.333. The molecule has 0 spiro atoms. The first-order valence-corrected chi connectivity index (χ1v) is 8.99. The van der Waals surface area contributed by atoms with Crippen LogP contribution < -0.4 is 4.74 Å². The van der Waals surface area contributed by atoms with Gasteiger partial charge in [-0.2, -0.15) is 30.3 Å². The fraction of sp³-hybridized carbons (Fsp3) is 0.136. The first-order valence-electron chi connectivity index (χ1n) is 8.18. The van der Waals surface area contributed by atoms with E-state index in [-0.39, 0.29) is 38.7 Å². The van der Waals surface area contributed by atoms with Gasteiger partial charge in [0, 0.05) is 32.7 Å². The largest absolute Gasteiger partial charge is 0.423 e. The Morgan fingerprint density at radius 1 is 0.962 bits per heavy atom. The van der Waals surface area contributed by atoms with E-state index < -0.39 is 0 Å². The first kappa shape index (κ1) is 21.0. The molecule has 0 bridgehead atoms. The number of esters is 1. The Hall–Kier alpha value is -1.34. The van der Waals surface area contributed by atoms with Crippen molar-refractivity contribution in [1.29, 1.82) is 0 Å². The van der Waals surface area contributed by atoms with Gasteiger partial charge in [-0.3, -0.25) is 0 Å². The molecular weight excluding hydrogens is 416 g/mol. The van der Waals surface area contributed by atoms with Crippen LogP contribution in [0.4, 0.5) is 0 Å². The van der Waals surface area contributed by atoms with Gasteiger partial charge in [-0.25, -0.2) is 4.79 Å². The van der Waals surface area contributed by atoms with Gasteiger partial charge in [0.15, 0.2) is 0 Å². The monoisotopic (exact) mass is 436 g/mol. The van der Waals surface area contributed by atoms with Crippen LogP contribution in [0, 0.1) is 19.9 Å². The molecule has 0 aliphatic rings. The smallest absolute Gasteiger partial charge is 0.343 e. The van der Waals surface area contributed by atoms with E-state index in [9.17, 15) is 4.79 Å². The first-order chi connectivity index (χ1) is 12.1. The van der Waals surface area contributed by atoms with Crippen LogP contribution in [0.25, 0.3) is 11.1 Å². The zero-order valence-electron chi connectivity index (χ0n) is 15.0. The predicted octanol–water partition coefficient (Wildman–Crippen LogP) is 5.36. The quantitative estimate of drug-likeness (QED) is 0.238. The van der Waals surface area contributed by atoms with Crippen molar-refractivity contribution in [2.24, 2.45) is 0 Å². The zero-order chi connectivity index (χ0) is 17.8. The molecule has 4 heteroatoms. The van der Waals surface area contributed by atoms with Crippen LogP contribution in [0.5, 0.6) is 5.75 Å². The van der Waals surface area contributed by atoms with Crippen LogP contribution >= 0.6 is 9.24 Å². The summed E-state index contributed by atoms with van der Waals surface area (Å²) in [5.41, 5.74) is 6.07. The summed E-state index contributed by atoms with van der Waals surface area (Å²) in [5.74, 6) is 0.267. The van der Waals surface area contributed by atoms with Crippen molar-refractivity contribution in [1.82, 2.24) is 0 Å². The summed E-state index contributed by atoms with van der Waals surface area (Å²) in [6, 6.07) is 22.2. The zero-order valence-corrected chi connectivity index (χ0v) is 18.9. The summed E-state index contributed by atoms with van der Waals surface area (Å²) >= 11 is 0. The Balaban J connectivity index is 0.00000243. The van der Waals surface area contributed by atoms with Crippen LogP contribution in [0.1, 0.15) is 27.0 Å². The number of carbonyl (C=O) groups is 1. The van der Waals surface area contributed by atoms with Crippen molar-refractivity contribution >= 4 is 15.2 Å². The second kappa shape index (κ2) is 9.56. The van der Waals surface area contributed by atoms with E-state index in [0.29, 0.717) is 11.3 Å². The van der Waals surface area contributed by atoms with Gasteiger partial charge >= 0.3 is 5.97 Å². The van der Waals surface area contributed by atoms with Crippen molar-refractivity contribution in [2.45, 2.75) is 20.0 Å². The molecule has 26 heavy (non-hydrogen) atoms. The Kier molecular flexibility index (Phi) is 7.71. The summed E-state index contributed by atoms with van der Waals surface area (Å²) in [6.45, 7) is 4.03. The molecule has 0 aliphatic heterocycles. The maximum absolute atomic E-state index is 12.4. The maximum atomic E-state index is 12.4. The molecule has 0 aromatic heterocycles. The number of hydrogen-bond donors (Lipinski definition) is 0. The van der Waals surface area contributed by atoms with Crippen LogP contribution in [0.3, 0.4) is 0 Å². The molecule has 3 rings (SSSR count). The summed E-state index contributed by atoms with van der Waals surface area (Å²) < 4.78 is 5.63. The Labute approximate surface area is 182 Å². The van der Waals surface area contributed by atoms with Crippen LogP contribution in [-0.2, 0) is 38.9 Å². The molecule has 2 nitrogen and oxygen atoms in total. The van der Waals surface area contributed by atoms with E-state index >= 15 is 0 Å². The standard InChI is InChI=1S/C22H20O2P.Y/c1-15-16(2)21(13-12-20(15)18-6-4-3-5-7-18)24-22(23)19-10-8-17(14-25)9-11-19;/h4-13H,14,25H2,1-2H3;/q-1;. The molecule has 0 aliphatic carbocycles. The summed E-state index contributed by atoms with van der Waals surface area (Å²) in [7, 11) is 2.67. The third-order valence-corrected chi connectivity index (χ3v) is 4.87. The molecule has 0 amide bonds. The van der Waals surface area contributed by atoms with Crippen LogP contribution in [0.2, 0.25) is 0 Å². The average Bonchev–Trinajstić information content (AvgIpc) is 2.66. The maximum Gasteiger partial charge on any atom is 0.343 e. The molecule has 0 fully saturated rings. The normalized spacial score (nSPS) is 10.1. The second-order valence-corrected chi connectivity index (χ2v) is 6.35. The third kappa shape index (κ3) is 4.68. The molecule has 0 N–H and O–H groups in total. The van der Waals surface area contributed by atoms with E-state index in [1.807, 2.05) is 62.4 Å². The molecule has 1 unspecified atom stereocenters. The fourth-order valence-corrected chi connectivity index (χ4v) is 2.99. The SMILES string of the molecule is Cc1c(OC(=O)c2ccc(CP)cc2)ccc(-c2cc[c-]cc2)c1C.[Y]. The van der Waals surface area contributed by atoms with Gasteiger partial charge in [0.05, 0.1) is 5.56 Å². The molecule has 1 radical (unpaired) electrons. The van der Waals surface area contributed by atoms with Crippen molar-refractivity contribution in [2.75, 3.05) is 0 Å². The summed E-state index contributed by atoms with van der Waals surface area (Å²) in [4.78, 5) is 12.4. The molecule has 0 heterocycles. The number of hydrogen-bond acceptors (Lipinski definition) is 2. The minimum Gasteiger partial charge on any atom is -0.423 e. The summed E-state index contributed by atoms with van der Waals surface area (Å²) in [5, 5.41) is 0. The van der Waals surface area contributed by atoms with Gasteiger partial charge in [-0.1, -0.05) is 18.2 Å². The second-order valence-electron chi connectivity index (χ2n) is 5.94. The van der Waals surface area contributed by atoms with Crippen LogP contribution in [0.15, 0.2) is 60.7 Å². The van der Waals surface area contributed by atoms with E-state index in [2.05, 4.69) is 15.3 Å². The molecule has 129 valence electrons. The topological polar surface area (TPSA) is 26.3 Å². The van der Waals surface area contributed by atoms with Gasteiger partial charge in [0.2, 0.25) is 0 Å². The van der Waals surface area contributed by atoms with Crippen molar-refractivity contribution in [3.8, 4) is 16.9 Å². The molecule has 1 atom stereocenters. The molecule has 0 saturated carbocycles. The van der Waals surface area contributed by atoms with E-state index in [4.69, 9.17) is 4.74 Å². The van der Waals surface area contributed by atoms with Gasteiger partial charge in [0.25, 0.3) is 0 Å². The fourth-order valence-electron chi connectivity index (χ4n) is 2.72. The molecule has 3 aromatic carbocycles. The van der Waals surface area contributed by atoms with Gasteiger partial charge in [0.1, 0.15) is 5.75 Å². The van der Waals surface area contributed by atoms with E-state index in [1.165, 1.54) is 0 Å². The number of rotatable bonds is 4. The molecular formula is C22H20O2PY-. The third-order valence-electron chi connectivity index (χ3n) is 4.39. The Bertz CT molecular complexity index is 890. The Morgan fingerprint density at radius 2 is 1.62 bits per heavy atom. The van der Waals surface area contributed by atoms with Crippen molar-refractivity contribution in [3.05, 3.63) is 89.0 Å². The molecule has 3 aromatic rings. The summed E-state index contributed by atoms with van der Waals surface area (Å²) in [6.07, 6.45) is 0.867. The van der Waals surface area contributed by atoms with Gasteiger partial charge in [-0.05, 0) is 60.5 Å². The van der Waals surface area contributed by atoms with E-state index in [0.717, 1.165) is 34.0 Å². The van der Waals surface area contributed by atoms with Gasteiger partial charge < -0.3 is 4.74 Å². The van der Waals surface area contributed by atoms with E-state index in [1.54, 1.807) is 12.1 Å². The molecule has 0 saturated heterocycles. The Morgan fingerprint density at radius 3 is 2.23 bits per heavy atom. The average molecular weight is 436 g/mol. The van der Waals surface area contributed by atoms with Gasteiger partial charge in [-0.15, -0.1) is 14.8 Å². The number of benzene rings is 3.